The largest absolute Gasteiger partial charge is 0.508 e. The highest BCUT2D eigenvalue weighted by atomic mass is 35.5. The standard InChI is InChI=1S/C14H9ClF2O3/c15-10-3-7(4-13(19)20)1-2-9(10)14-11(16)5-8(18)6-12(14)17/h1-3,5-6,18H,4H2,(H,19,20). The van der Waals surface area contributed by atoms with Crippen LogP contribution in [-0.2, 0) is 11.2 Å². The van der Waals surface area contributed by atoms with Gasteiger partial charge in [-0.1, -0.05) is 23.7 Å². The van der Waals surface area contributed by atoms with E-state index < -0.39 is 23.4 Å². The normalized spacial score (nSPS) is 10.6. The van der Waals surface area contributed by atoms with Gasteiger partial charge < -0.3 is 10.2 Å². The Balaban J connectivity index is 2.51. The molecule has 0 bridgehead atoms. The molecule has 0 saturated heterocycles. The molecule has 0 aromatic heterocycles. The Kier molecular flexibility index (Phi) is 3.90. The van der Waals surface area contributed by atoms with Crippen LogP contribution in [0.15, 0.2) is 30.3 Å². The van der Waals surface area contributed by atoms with Crippen LogP contribution < -0.4 is 0 Å². The van der Waals surface area contributed by atoms with E-state index in [2.05, 4.69) is 0 Å². The van der Waals surface area contributed by atoms with Gasteiger partial charge in [-0.25, -0.2) is 8.78 Å². The van der Waals surface area contributed by atoms with Crippen molar-refractivity contribution in [2.45, 2.75) is 6.42 Å². The molecule has 0 spiro atoms. The Hall–Kier alpha value is -2.14. The van der Waals surface area contributed by atoms with Crippen LogP contribution in [0.25, 0.3) is 11.1 Å². The molecule has 3 nitrogen and oxygen atoms in total. The van der Waals surface area contributed by atoms with Gasteiger partial charge in [-0.3, -0.25) is 4.79 Å². The third kappa shape index (κ3) is 2.88. The predicted octanol–water partition coefficient (Wildman–Crippen LogP) is 3.62. The molecule has 2 N–H and O–H groups in total. The first kappa shape index (κ1) is 14.3. The summed E-state index contributed by atoms with van der Waals surface area (Å²) in [6.45, 7) is 0. The summed E-state index contributed by atoms with van der Waals surface area (Å²) in [5.41, 5.74) is 0.149. The second kappa shape index (κ2) is 5.46. The Morgan fingerprint density at radius 3 is 2.25 bits per heavy atom. The smallest absolute Gasteiger partial charge is 0.307 e. The molecule has 20 heavy (non-hydrogen) atoms. The molecule has 0 aliphatic carbocycles. The van der Waals surface area contributed by atoms with Crippen LogP contribution in [0.2, 0.25) is 5.02 Å². The van der Waals surface area contributed by atoms with E-state index in [1.165, 1.54) is 18.2 Å². The van der Waals surface area contributed by atoms with Gasteiger partial charge in [0.1, 0.15) is 17.4 Å². The molecule has 0 fully saturated rings. The maximum Gasteiger partial charge on any atom is 0.307 e. The number of hydrogen-bond donors (Lipinski definition) is 2. The number of phenols is 1. The fraction of sp³-hybridized carbons (Fsp3) is 0.0714. The van der Waals surface area contributed by atoms with E-state index in [1.807, 2.05) is 0 Å². The highest BCUT2D eigenvalue weighted by Crippen LogP contribution is 2.34. The lowest BCUT2D eigenvalue weighted by molar-refractivity contribution is -0.136. The highest BCUT2D eigenvalue weighted by Gasteiger charge is 2.16. The quantitative estimate of drug-likeness (QED) is 0.910. The van der Waals surface area contributed by atoms with E-state index >= 15 is 0 Å². The first-order valence-corrected chi connectivity index (χ1v) is 5.95. The summed E-state index contributed by atoms with van der Waals surface area (Å²) >= 11 is 5.94. The number of rotatable bonds is 3. The van der Waals surface area contributed by atoms with Crippen LogP contribution in [-0.4, -0.2) is 16.2 Å². The first-order valence-electron chi connectivity index (χ1n) is 5.57. The molecular formula is C14H9ClF2O3. The average Bonchev–Trinajstić information content (AvgIpc) is 2.29. The maximum absolute atomic E-state index is 13.7. The van der Waals surface area contributed by atoms with Crippen LogP contribution in [0, 0.1) is 11.6 Å². The lowest BCUT2D eigenvalue weighted by Gasteiger charge is -2.09. The van der Waals surface area contributed by atoms with Crippen molar-refractivity contribution < 1.29 is 23.8 Å². The SMILES string of the molecule is O=C(O)Cc1ccc(-c2c(F)cc(O)cc2F)c(Cl)c1. The zero-order valence-electron chi connectivity index (χ0n) is 10.0. The molecule has 2 aromatic carbocycles. The fourth-order valence-corrected chi connectivity index (χ4v) is 2.16. The van der Waals surface area contributed by atoms with Crippen LogP contribution >= 0.6 is 11.6 Å². The molecule has 0 amide bonds. The van der Waals surface area contributed by atoms with E-state index in [4.69, 9.17) is 21.8 Å². The number of phenolic OH excluding ortho intramolecular Hbond substituents is 1. The molecule has 0 radical (unpaired) electrons. The van der Waals surface area contributed by atoms with E-state index in [-0.39, 0.29) is 22.6 Å². The van der Waals surface area contributed by atoms with Crippen molar-refractivity contribution in [2.24, 2.45) is 0 Å². The van der Waals surface area contributed by atoms with Crippen molar-refractivity contribution in [3.8, 4) is 16.9 Å². The zero-order chi connectivity index (χ0) is 14.9. The van der Waals surface area contributed by atoms with Gasteiger partial charge in [-0.05, 0) is 11.6 Å². The third-order valence-corrected chi connectivity index (χ3v) is 3.00. The summed E-state index contributed by atoms with van der Waals surface area (Å²) in [6, 6.07) is 5.68. The molecule has 0 saturated carbocycles. The molecular weight excluding hydrogens is 290 g/mol. The van der Waals surface area contributed by atoms with Crippen LogP contribution in [0.4, 0.5) is 8.78 Å². The summed E-state index contributed by atoms with van der Waals surface area (Å²) in [7, 11) is 0. The third-order valence-electron chi connectivity index (χ3n) is 2.69. The van der Waals surface area contributed by atoms with Crippen molar-refractivity contribution in [1.29, 1.82) is 0 Å². The molecule has 0 heterocycles. The zero-order valence-corrected chi connectivity index (χ0v) is 10.8. The molecule has 2 aromatic rings. The number of carbonyl (C=O) groups is 1. The number of carboxylic acids is 1. The van der Waals surface area contributed by atoms with Crippen LogP contribution in [0.5, 0.6) is 5.75 Å². The number of aliphatic carboxylic acids is 1. The van der Waals surface area contributed by atoms with Gasteiger partial charge in [-0.2, -0.15) is 0 Å². The van der Waals surface area contributed by atoms with Crippen LogP contribution in [0.1, 0.15) is 5.56 Å². The molecule has 0 aliphatic heterocycles. The number of carboxylic acid groups (broad SMARTS) is 1. The van der Waals surface area contributed by atoms with Crippen molar-refractivity contribution in [3.05, 3.63) is 52.6 Å². The topological polar surface area (TPSA) is 57.5 Å². The Morgan fingerprint density at radius 1 is 1.15 bits per heavy atom. The van der Waals surface area contributed by atoms with E-state index in [1.54, 1.807) is 0 Å². The van der Waals surface area contributed by atoms with Gasteiger partial charge >= 0.3 is 5.97 Å². The number of hydrogen-bond acceptors (Lipinski definition) is 2. The molecule has 104 valence electrons. The van der Waals surface area contributed by atoms with Crippen molar-refractivity contribution in [2.75, 3.05) is 0 Å². The minimum absolute atomic E-state index is 0.0345. The summed E-state index contributed by atoms with van der Waals surface area (Å²) in [5.74, 6) is -3.45. The summed E-state index contributed by atoms with van der Waals surface area (Å²) < 4.78 is 27.5. The molecule has 2 rings (SSSR count). The number of benzene rings is 2. The van der Waals surface area contributed by atoms with Crippen molar-refractivity contribution in [3.63, 3.8) is 0 Å². The molecule has 0 atom stereocenters. The second-order valence-electron chi connectivity index (χ2n) is 4.17. The summed E-state index contributed by atoms with van der Waals surface area (Å²) in [6.07, 6.45) is -0.236. The van der Waals surface area contributed by atoms with Gasteiger partial charge in [-0.15, -0.1) is 0 Å². The molecule has 0 aliphatic rings. The van der Waals surface area contributed by atoms with Gasteiger partial charge in [0, 0.05) is 22.7 Å². The molecule has 6 heteroatoms. The van der Waals surface area contributed by atoms with Gasteiger partial charge in [0.05, 0.1) is 12.0 Å². The molecule has 0 unspecified atom stereocenters. The van der Waals surface area contributed by atoms with E-state index in [0.717, 1.165) is 12.1 Å². The second-order valence-corrected chi connectivity index (χ2v) is 4.58. The first-order chi connectivity index (χ1) is 9.38. The minimum atomic E-state index is -1.03. The number of aromatic hydroxyl groups is 1. The Morgan fingerprint density at radius 2 is 1.75 bits per heavy atom. The van der Waals surface area contributed by atoms with Crippen LogP contribution in [0.3, 0.4) is 0 Å². The monoisotopic (exact) mass is 298 g/mol. The Labute approximate surface area is 118 Å². The lowest BCUT2D eigenvalue weighted by atomic mass is 10.0. The van der Waals surface area contributed by atoms with E-state index in [0.29, 0.717) is 5.56 Å². The van der Waals surface area contributed by atoms with Gasteiger partial charge in [0.25, 0.3) is 0 Å². The predicted molar refractivity (Wildman–Crippen MR) is 69.8 cm³/mol. The van der Waals surface area contributed by atoms with Gasteiger partial charge in [0.15, 0.2) is 0 Å². The average molecular weight is 299 g/mol. The fourth-order valence-electron chi connectivity index (χ4n) is 1.86. The Bertz CT molecular complexity index is 663. The minimum Gasteiger partial charge on any atom is -0.508 e. The summed E-state index contributed by atoms with van der Waals surface area (Å²) in [4.78, 5) is 10.6. The summed E-state index contributed by atoms with van der Waals surface area (Å²) in [5, 5.41) is 17.8. The van der Waals surface area contributed by atoms with Gasteiger partial charge in [0.2, 0.25) is 0 Å². The van der Waals surface area contributed by atoms with E-state index in [9.17, 15) is 13.6 Å². The highest BCUT2D eigenvalue weighted by molar-refractivity contribution is 6.33. The maximum atomic E-state index is 13.7. The lowest BCUT2D eigenvalue weighted by Crippen LogP contribution is -2.00. The number of halogens is 3. The van der Waals surface area contributed by atoms with Crippen molar-refractivity contribution >= 4 is 17.6 Å². The van der Waals surface area contributed by atoms with Crippen molar-refractivity contribution in [1.82, 2.24) is 0 Å².